The number of alkyl halides is 3. The lowest BCUT2D eigenvalue weighted by Gasteiger charge is -2.27. The van der Waals surface area contributed by atoms with E-state index in [9.17, 15) is 21.6 Å². The van der Waals surface area contributed by atoms with Crippen molar-refractivity contribution >= 4 is 27.8 Å². The van der Waals surface area contributed by atoms with Crippen LogP contribution < -0.4 is 5.73 Å². The Hall–Kier alpha value is -2.07. The molecule has 28 heavy (non-hydrogen) atoms. The topological polar surface area (TPSA) is 102 Å². The molecule has 1 aromatic carbocycles. The SMILES string of the molecule is N=Cc1c(N)ccc2c1CCCC(C1CCOCC1)=C2OS(=O)(=O)C(F)(F)F. The van der Waals surface area contributed by atoms with Gasteiger partial charge in [0.1, 0.15) is 5.76 Å². The second-order valence-electron chi connectivity index (χ2n) is 6.82. The largest absolute Gasteiger partial charge is 0.534 e. The molecule has 1 aromatic rings. The summed E-state index contributed by atoms with van der Waals surface area (Å²) in [6.45, 7) is 0.904. The van der Waals surface area contributed by atoms with E-state index in [1.807, 2.05) is 0 Å². The summed E-state index contributed by atoms with van der Waals surface area (Å²) in [6, 6.07) is 2.93. The molecular formula is C18H21F3N2O4S. The molecule has 0 saturated carbocycles. The highest BCUT2D eigenvalue weighted by Crippen LogP contribution is 2.42. The molecule has 1 aliphatic heterocycles. The normalized spacial score (nSPS) is 19.1. The Morgan fingerprint density at radius 1 is 1.21 bits per heavy atom. The van der Waals surface area contributed by atoms with Gasteiger partial charge in [-0.25, -0.2) is 0 Å². The van der Waals surface area contributed by atoms with Gasteiger partial charge in [-0.2, -0.15) is 21.6 Å². The number of halogens is 3. The van der Waals surface area contributed by atoms with Crippen LogP contribution in [0.25, 0.3) is 5.76 Å². The Labute approximate surface area is 161 Å². The fourth-order valence-corrected chi connectivity index (χ4v) is 4.28. The van der Waals surface area contributed by atoms with Crippen molar-refractivity contribution in [2.45, 2.75) is 37.6 Å². The van der Waals surface area contributed by atoms with Crippen LogP contribution in [-0.2, 0) is 25.5 Å². The predicted octanol–water partition coefficient (Wildman–Crippen LogP) is 3.61. The molecule has 3 rings (SSSR count). The first-order chi connectivity index (χ1) is 13.2. The van der Waals surface area contributed by atoms with Crippen molar-refractivity contribution in [3.63, 3.8) is 0 Å². The number of nitrogens with one attached hydrogen (secondary N) is 1. The van der Waals surface area contributed by atoms with Gasteiger partial charge in [0.15, 0.2) is 0 Å². The Balaban J connectivity index is 2.21. The summed E-state index contributed by atoms with van der Waals surface area (Å²) in [5, 5.41) is 7.61. The summed E-state index contributed by atoms with van der Waals surface area (Å²) in [6.07, 6.45) is 3.63. The van der Waals surface area contributed by atoms with Crippen LogP contribution in [0.15, 0.2) is 17.7 Å². The van der Waals surface area contributed by atoms with Crippen molar-refractivity contribution < 1.29 is 30.5 Å². The molecule has 3 N–H and O–H groups in total. The van der Waals surface area contributed by atoms with E-state index in [-0.39, 0.29) is 17.2 Å². The van der Waals surface area contributed by atoms with E-state index in [1.54, 1.807) is 0 Å². The van der Waals surface area contributed by atoms with E-state index in [1.165, 1.54) is 12.1 Å². The summed E-state index contributed by atoms with van der Waals surface area (Å²) in [5.41, 5.74) is 2.38. The van der Waals surface area contributed by atoms with Crippen LogP contribution >= 0.6 is 0 Å². The number of anilines is 1. The van der Waals surface area contributed by atoms with Crippen molar-refractivity contribution in [3.8, 4) is 0 Å². The van der Waals surface area contributed by atoms with Crippen LogP contribution in [0.2, 0.25) is 0 Å². The molecule has 10 heteroatoms. The van der Waals surface area contributed by atoms with Crippen LogP contribution in [0.1, 0.15) is 42.4 Å². The van der Waals surface area contributed by atoms with Gasteiger partial charge in [-0.05, 0) is 61.3 Å². The molecule has 1 heterocycles. The van der Waals surface area contributed by atoms with Crippen molar-refractivity contribution in [3.05, 3.63) is 34.4 Å². The quantitative estimate of drug-likeness (QED) is 0.337. The Bertz CT molecular complexity index is 904. The molecule has 0 spiro atoms. The fourth-order valence-electron chi connectivity index (χ4n) is 3.77. The fraction of sp³-hybridized carbons (Fsp3) is 0.500. The zero-order chi connectivity index (χ0) is 20.5. The maximum Gasteiger partial charge on any atom is 0.534 e. The molecule has 6 nitrogen and oxygen atoms in total. The van der Waals surface area contributed by atoms with Crippen LogP contribution in [0.5, 0.6) is 0 Å². The molecule has 0 unspecified atom stereocenters. The van der Waals surface area contributed by atoms with Gasteiger partial charge in [-0.15, -0.1) is 0 Å². The van der Waals surface area contributed by atoms with Crippen LogP contribution in [0.4, 0.5) is 18.9 Å². The number of nitrogen functional groups attached to an aromatic ring is 1. The minimum Gasteiger partial charge on any atom is -0.398 e. The lowest BCUT2D eigenvalue weighted by Crippen LogP contribution is -2.26. The third-order valence-electron chi connectivity index (χ3n) is 5.13. The number of nitrogens with two attached hydrogens (primary N) is 1. The van der Waals surface area contributed by atoms with Crippen molar-refractivity contribution in [1.82, 2.24) is 0 Å². The average Bonchev–Trinajstić information content (AvgIpc) is 2.81. The monoisotopic (exact) mass is 418 g/mol. The lowest BCUT2D eigenvalue weighted by molar-refractivity contribution is -0.0510. The maximum atomic E-state index is 13.0. The smallest absolute Gasteiger partial charge is 0.398 e. The van der Waals surface area contributed by atoms with Gasteiger partial charge in [-0.3, -0.25) is 0 Å². The number of rotatable bonds is 4. The van der Waals surface area contributed by atoms with Gasteiger partial charge in [0, 0.05) is 36.2 Å². The molecule has 1 saturated heterocycles. The van der Waals surface area contributed by atoms with Crippen LogP contribution in [0.3, 0.4) is 0 Å². The number of ether oxygens (including phenoxy) is 1. The van der Waals surface area contributed by atoms with E-state index < -0.39 is 15.6 Å². The average molecular weight is 418 g/mol. The number of benzene rings is 1. The van der Waals surface area contributed by atoms with Gasteiger partial charge in [0.05, 0.1) is 0 Å². The van der Waals surface area contributed by atoms with Crippen LogP contribution in [-0.4, -0.2) is 33.4 Å². The van der Waals surface area contributed by atoms with E-state index in [0.717, 1.165) is 6.21 Å². The molecule has 0 bridgehead atoms. The summed E-state index contributed by atoms with van der Waals surface area (Å²) in [5.74, 6) is -0.404. The first-order valence-electron chi connectivity index (χ1n) is 8.89. The number of fused-ring (bicyclic) bond motifs is 1. The zero-order valence-corrected chi connectivity index (χ0v) is 15.8. The van der Waals surface area contributed by atoms with E-state index in [0.29, 0.717) is 67.7 Å². The molecule has 0 aromatic heterocycles. The van der Waals surface area contributed by atoms with E-state index >= 15 is 0 Å². The Kier molecular flexibility index (Phi) is 5.72. The molecule has 0 atom stereocenters. The summed E-state index contributed by atoms with van der Waals surface area (Å²) in [7, 11) is -5.84. The standard InChI is InChI=1S/C18H21F3N2O4S/c19-18(20,21)28(24,25)27-17-12(11-6-8-26-9-7-11)2-1-3-13-14(17)4-5-16(23)15(13)10-22/h4-5,10-11,22H,1-3,6-9,23H2. The predicted molar refractivity (Wildman–Crippen MR) is 98.2 cm³/mol. The number of allylic oxidation sites excluding steroid dienone is 1. The lowest BCUT2D eigenvalue weighted by atomic mass is 9.87. The Morgan fingerprint density at radius 2 is 1.89 bits per heavy atom. The molecule has 0 radical (unpaired) electrons. The van der Waals surface area contributed by atoms with E-state index in [2.05, 4.69) is 0 Å². The van der Waals surface area contributed by atoms with Crippen molar-refractivity contribution in [2.75, 3.05) is 18.9 Å². The van der Waals surface area contributed by atoms with Gasteiger partial charge in [0.2, 0.25) is 0 Å². The van der Waals surface area contributed by atoms with Crippen LogP contribution in [0, 0.1) is 11.3 Å². The van der Waals surface area contributed by atoms with Crippen molar-refractivity contribution in [2.24, 2.45) is 5.92 Å². The van der Waals surface area contributed by atoms with E-state index in [4.69, 9.17) is 20.1 Å². The third-order valence-corrected chi connectivity index (χ3v) is 6.09. The minimum absolute atomic E-state index is 0.126. The van der Waals surface area contributed by atoms with Gasteiger partial charge in [0.25, 0.3) is 0 Å². The number of hydrogen-bond donors (Lipinski definition) is 2. The summed E-state index contributed by atoms with van der Waals surface area (Å²) in [4.78, 5) is 0. The summed E-state index contributed by atoms with van der Waals surface area (Å²) < 4.78 is 72.8. The molecule has 1 fully saturated rings. The Morgan fingerprint density at radius 3 is 2.50 bits per heavy atom. The molecule has 154 valence electrons. The number of hydrogen-bond acceptors (Lipinski definition) is 6. The highest BCUT2D eigenvalue weighted by atomic mass is 32.2. The molecule has 0 amide bonds. The van der Waals surface area contributed by atoms with Crippen molar-refractivity contribution in [1.29, 1.82) is 5.41 Å². The highest BCUT2D eigenvalue weighted by Gasteiger charge is 2.49. The molecular weight excluding hydrogens is 397 g/mol. The molecule has 2 aliphatic rings. The first-order valence-corrected chi connectivity index (χ1v) is 10.3. The van der Waals surface area contributed by atoms with Gasteiger partial charge < -0.3 is 20.1 Å². The van der Waals surface area contributed by atoms with Gasteiger partial charge >= 0.3 is 15.6 Å². The first kappa shape index (κ1) is 20.7. The van der Waals surface area contributed by atoms with Gasteiger partial charge in [-0.1, -0.05) is 0 Å². The molecule has 1 aliphatic carbocycles. The third kappa shape index (κ3) is 3.88. The summed E-state index contributed by atoms with van der Waals surface area (Å²) >= 11 is 0. The second kappa shape index (κ2) is 7.75. The minimum atomic E-state index is -5.84. The second-order valence-corrected chi connectivity index (χ2v) is 8.35. The maximum absolute atomic E-state index is 13.0. The zero-order valence-electron chi connectivity index (χ0n) is 15.0. The highest BCUT2D eigenvalue weighted by molar-refractivity contribution is 7.87.